The van der Waals surface area contributed by atoms with Crippen LogP contribution in [-0.4, -0.2) is 36.6 Å². The summed E-state index contributed by atoms with van der Waals surface area (Å²) in [6, 6.07) is 0.330. The molecule has 1 saturated heterocycles. The molecule has 1 aliphatic heterocycles. The van der Waals surface area contributed by atoms with E-state index >= 15 is 0 Å². The lowest BCUT2D eigenvalue weighted by Gasteiger charge is -2.20. The first-order chi connectivity index (χ1) is 6.24. The van der Waals surface area contributed by atoms with Crippen LogP contribution in [0.4, 0.5) is 4.79 Å². The van der Waals surface area contributed by atoms with Crippen molar-refractivity contribution in [3.63, 3.8) is 0 Å². The second-order valence-electron chi connectivity index (χ2n) is 3.51. The predicted molar refractivity (Wildman–Crippen MR) is 52.5 cm³/mol. The minimum absolute atomic E-state index is 0.0524. The smallest absolute Gasteiger partial charge is 0.317 e. The molecular formula is C9H19N3O. The molecule has 4 nitrogen and oxygen atoms in total. The normalized spacial score (nSPS) is 23.8. The van der Waals surface area contributed by atoms with Gasteiger partial charge in [0.1, 0.15) is 0 Å². The van der Waals surface area contributed by atoms with Gasteiger partial charge < -0.3 is 16.0 Å². The van der Waals surface area contributed by atoms with Crippen LogP contribution in [0.1, 0.15) is 26.2 Å². The topological polar surface area (TPSA) is 58.4 Å². The number of urea groups is 1. The summed E-state index contributed by atoms with van der Waals surface area (Å²) in [7, 11) is 0. The summed E-state index contributed by atoms with van der Waals surface area (Å²) in [4.78, 5) is 13.3. The van der Waals surface area contributed by atoms with Gasteiger partial charge in [-0.1, -0.05) is 0 Å². The van der Waals surface area contributed by atoms with Crippen molar-refractivity contribution in [1.29, 1.82) is 0 Å². The molecule has 13 heavy (non-hydrogen) atoms. The molecule has 0 spiro atoms. The van der Waals surface area contributed by atoms with Gasteiger partial charge in [0.2, 0.25) is 0 Å². The van der Waals surface area contributed by atoms with Crippen molar-refractivity contribution in [2.45, 2.75) is 32.2 Å². The number of nitrogens with zero attached hydrogens (tertiary/aromatic N) is 1. The number of nitrogens with two attached hydrogens (primary N) is 1. The molecule has 0 aliphatic carbocycles. The summed E-state index contributed by atoms with van der Waals surface area (Å²) in [5.74, 6) is 0. The van der Waals surface area contributed by atoms with Gasteiger partial charge in [-0.15, -0.1) is 0 Å². The average Bonchev–Trinajstić information content (AvgIpc) is 2.30. The second kappa shape index (κ2) is 5.07. The van der Waals surface area contributed by atoms with Crippen molar-refractivity contribution >= 4 is 6.03 Å². The highest BCUT2D eigenvalue weighted by Crippen LogP contribution is 2.08. The zero-order valence-corrected chi connectivity index (χ0v) is 8.25. The summed E-state index contributed by atoms with van der Waals surface area (Å²) in [5, 5.41) is 2.80. The average molecular weight is 185 g/mol. The van der Waals surface area contributed by atoms with Crippen LogP contribution in [0.2, 0.25) is 0 Å². The van der Waals surface area contributed by atoms with Gasteiger partial charge >= 0.3 is 6.03 Å². The third kappa shape index (κ3) is 3.22. The van der Waals surface area contributed by atoms with E-state index in [0.29, 0.717) is 6.54 Å². The number of rotatable bonds is 1. The lowest BCUT2D eigenvalue weighted by molar-refractivity contribution is 0.200. The first-order valence-corrected chi connectivity index (χ1v) is 5.02. The summed E-state index contributed by atoms with van der Waals surface area (Å²) in [6.07, 6.45) is 2.99. The van der Waals surface area contributed by atoms with Crippen LogP contribution in [0.5, 0.6) is 0 Å². The lowest BCUT2D eigenvalue weighted by Crippen LogP contribution is -2.40. The van der Waals surface area contributed by atoms with Crippen LogP contribution in [0, 0.1) is 0 Å². The van der Waals surface area contributed by atoms with Gasteiger partial charge in [-0.3, -0.25) is 0 Å². The fraction of sp³-hybridized carbons (Fsp3) is 0.889. The van der Waals surface area contributed by atoms with Crippen molar-refractivity contribution in [2.24, 2.45) is 5.73 Å². The Morgan fingerprint density at radius 3 is 3.00 bits per heavy atom. The third-order valence-electron chi connectivity index (χ3n) is 2.39. The first-order valence-electron chi connectivity index (χ1n) is 5.02. The maximum atomic E-state index is 11.4. The van der Waals surface area contributed by atoms with E-state index in [-0.39, 0.29) is 12.1 Å². The molecule has 0 aromatic heterocycles. The van der Waals surface area contributed by atoms with Crippen LogP contribution in [0.3, 0.4) is 0 Å². The standard InChI is InChI=1S/C9H19N3O/c1-2-11-9(13)12-6-3-4-8(10)5-7-12/h8H,2-7,10H2,1H3,(H,11,13). The quantitative estimate of drug-likeness (QED) is 0.626. The molecule has 0 bridgehead atoms. The number of hydrogen-bond donors (Lipinski definition) is 2. The SMILES string of the molecule is CCNC(=O)N1CCCC(N)CC1. The minimum atomic E-state index is 0.0524. The van der Waals surface area contributed by atoms with Crippen molar-refractivity contribution in [2.75, 3.05) is 19.6 Å². The monoisotopic (exact) mass is 185 g/mol. The lowest BCUT2D eigenvalue weighted by atomic mass is 10.1. The molecule has 4 heteroatoms. The molecule has 0 radical (unpaired) electrons. The number of nitrogens with one attached hydrogen (secondary N) is 1. The molecule has 1 fully saturated rings. The minimum Gasteiger partial charge on any atom is -0.338 e. The van der Waals surface area contributed by atoms with E-state index in [1.807, 2.05) is 11.8 Å². The molecule has 76 valence electrons. The molecule has 0 aromatic carbocycles. The maximum absolute atomic E-state index is 11.4. The van der Waals surface area contributed by atoms with Crippen LogP contribution in [-0.2, 0) is 0 Å². The molecule has 2 amide bonds. The highest BCUT2D eigenvalue weighted by molar-refractivity contribution is 5.74. The molecule has 1 aliphatic rings. The van der Waals surface area contributed by atoms with E-state index in [1.54, 1.807) is 0 Å². The number of likely N-dealkylation sites (tertiary alicyclic amines) is 1. The highest BCUT2D eigenvalue weighted by atomic mass is 16.2. The molecular weight excluding hydrogens is 166 g/mol. The van der Waals surface area contributed by atoms with Gasteiger partial charge in [-0.25, -0.2) is 4.79 Å². The summed E-state index contributed by atoms with van der Waals surface area (Å²) < 4.78 is 0. The van der Waals surface area contributed by atoms with Gasteiger partial charge in [0.25, 0.3) is 0 Å². The van der Waals surface area contributed by atoms with Gasteiger partial charge in [-0.05, 0) is 26.2 Å². The second-order valence-corrected chi connectivity index (χ2v) is 3.51. The summed E-state index contributed by atoms with van der Waals surface area (Å²) >= 11 is 0. The van der Waals surface area contributed by atoms with Crippen LogP contribution < -0.4 is 11.1 Å². The molecule has 0 saturated carbocycles. The van der Waals surface area contributed by atoms with Crippen LogP contribution >= 0.6 is 0 Å². The van der Waals surface area contributed by atoms with Crippen molar-refractivity contribution < 1.29 is 4.79 Å². The van der Waals surface area contributed by atoms with E-state index in [4.69, 9.17) is 5.73 Å². The van der Waals surface area contributed by atoms with Crippen LogP contribution in [0.15, 0.2) is 0 Å². The number of carbonyl (C=O) groups is 1. The summed E-state index contributed by atoms with van der Waals surface area (Å²) in [5.41, 5.74) is 5.81. The van der Waals surface area contributed by atoms with Gasteiger partial charge in [-0.2, -0.15) is 0 Å². The van der Waals surface area contributed by atoms with E-state index in [0.717, 1.165) is 32.4 Å². The molecule has 1 rings (SSSR count). The third-order valence-corrected chi connectivity index (χ3v) is 2.39. The van der Waals surface area contributed by atoms with Gasteiger partial charge in [0, 0.05) is 25.7 Å². The summed E-state index contributed by atoms with van der Waals surface area (Å²) in [6.45, 7) is 4.27. The largest absolute Gasteiger partial charge is 0.338 e. The number of amides is 2. The van der Waals surface area contributed by atoms with Crippen molar-refractivity contribution in [3.8, 4) is 0 Å². The van der Waals surface area contributed by atoms with E-state index in [1.165, 1.54) is 0 Å². The first kappa shape index (κ1) is 10.3. The predicted octanol–water partition coefficient (Wildman–Crippen LogP) is 0.529. The Morgan fingerprint density at radius 1 is 1.54 bits per heavy atom. The molecule has 1 atom stereocenters. The Bertz CT molecular complexity index is 172. The zero-order valence-electron chi connectivity index (χ0n) is 8.25. The van der Waals surface area contributed by atoms with Crippen molar-refractivity contribution in [3.05, 3.63) is 0 Å². The Kier molecular flexibility index (Phi) is 4.02. The fourth-order valence-electron chi connectivity index (χ4n) is 1.59. The Morgan fingerprint density at radius 2 is 2.31 bits per heavy atom. The Hall–Kier alpha value is -0.770. The molecule has 1 unspecified atom stereocenters. The molecule has 3 N–H and O–H groups in total. The number of carbonyl (C=O) groups excluding carboxylic acids is 1. The van der Waals surface area contributed by atoms with E-state index < -0.39 is 0 Å². The van der Waals surface area contributed by atoms with E-state index in [2.05, 4.69) is 5.32 Å². The Balaban J connectivity index is 2.37. The maximum Gasteiger partial charge on any atom is 0.317 e. The molecule has 0 aromatic rings. The van der Waals surface area contributed by atoms with Crippen molar-refractivity contribution in [1.82, 2.24) is 10.2 Å². The van der Waals surface area contributed by atoms with Gasteiger partial charge in [0.05, 0.1) is 0 Å². The molecule has 1 heterocycles. The van der Waals surface area contributed by atoms with Gasteiger partial charge in [0.15, 0.2) is 0 Å². The Labute approximate surface area is 79.5 Å². The fourth-order valence-corrected chi connectivity index (χ4v) is 1.59. The highest BCUT2D eigenvalue weighted by Gasteiger charge is 2.17. The van der Waals surface area contributed by atoms with E-state index in [9.17, 15) is 4.79 Å². The zero-order chi connectivity index (χ0) is 9.68. The van der Waals surface area contributed by atoms with Crippen LogP contribution in [0.25, 0.3) is 0 Å². The number of hydrogen-bond acceptors (Lipinski definition) is 2.